The molecule has 0 N–H and O–H groups in total. The Balaban J connectivity index is 1.72. The second-order valence-electron chi connectivity index (χ2n) is 5.53. The summed E-state index contributed by atoms with van der Waals surface area (Å²) in [7, 11) is -0.376. The van der Waals surface area contributed by atoms with Gasteiger partial charge in [0.1, 0.15) is 6.33 Å². The van der Waals surface area contributed by atoms with Gasteiger partial charge in [-0.05, 0) is 29.8 Å². The second-order valence-corrected chi connectivity index (χ2v) is 8.63. The van der Waals surface area contributed by atoms with E-state index in [2.05, 4.69) is 10.1 Å². The van der Waals surface area contributed by atoms with Crippen molar-refractivity contribution in [3.63, 3.8) is 0 Å². The number of hydrogen-bond donors (Lipinski definition) is 0. The Morgan fingerprint density at radius 3 is 2.56 bits per heavy atom. The summed E-state index contributed by atoms with van der Waals surface area (Å²) in [6.07, 6.45) is 1.67. The van der Waals surface area contributed by atoms with Crippen molar-refractivity contribution in [1.82, 2.24) is 19.1 Å². The first-order chi connectivity index (χ1) is 12.0. The summed E-state index contributed by atoms with van der Waals surface area (Å²) in [5.74, 6) is 0.593. The van der Waals surface area contributed by atoms with Crippen LogP contribution in [0.25, 0.3) is 5.69 Å². The fourth-order valence-corrected chi connectivity index (χ4v) is 3.89. The number of thioether (sulfide) groups is 1. The smallest absolute Gasteiger partial charge is 0.220 e. The molecule has 0 aliphatic carbocycles. The Bertz CT molecular complexity index is 954. The third-order valence-electron chi connectivity index (χ3n) is 3.54. The van der Waals surface area contributed by atoms with Gasteiger partial charge in [-0.15, -0.1) is 5.10 Å². The highest BCUT2D eigenvalue weighted by atomic mass is 32.2. The first-order valence-corrected chi connectivity index (χ1v) is 10.0. The highest BCUT2D eigenvalue weighted by Crippen LogP contribution is 2.22. The second kappa shape index (κ2) is 7.38. The molecule has 0 amide bonds. The molecule has 0 bridgehead atoms. The molecule has 0 aliphatic rings. The number of nitrogens with zero attached hydrogens (tertiary/aromatic N) is 4. The first-order valence-electron chi connectivity index (χ1n) is 7.58. The van der Waals surface area contributed by atoms with Crippen LogP contribution in [0.3, 0.4) is 0 Å². The molecule has 0 spiro atoms. The summed E-state index contributed by atoms with van der Waals surface area (Å²) in [6, 6.07) is 16.7. The molecular formula is C17H18N4O2S2. The van der Waals surface area contributed by atoms with E-state index in [1.54, 1.807) is 29.2 Å². The zero-order chi connectivity index (χ0) is 17.9. The fourth-order valence-electron chi connectivity index (χ4n) is 2.17. The van der Waals surface area contributed by atoms with Crippen LogP contribution in [0.4, 0.5) is 0 Å². The highest BCUT2D eigenvalue weighted by molar-refractivity contribution is 7.98. The van der Waals surface area contributed by atoms with Crippen LogP contribution in [0.2, 0.25) is 0 Å². The highest BCUT2D eigenvalue weighted by Gasteiger charge is 2.17. The van der Waals surface area contributed by atoms with E-state index in [-0.39, 0.29) is 0 Å². The van der Waals surface area contributed by atoms with Gasteiger partial charge >= 0.3 is 0 Å². The molecular weight excluding hydrogens is 356 g/mol. The molecule has 6 nitrogen and oxygen atoms in total. The number of sulfonamides is 1. The molecule has 1 heterocycles. The number of aromatic nitrogens is 3. The summed E-state index contributed by atoms with van der Waals surface area (Å²) in [5, 5.41) is 5.08. The molecule has 0 aliphatic heterocycles. The lowest BCUT2D eigenvalue weighted by molar-refractivity contribution is 0.520. The van der Waals surface area contributed by atoms with Crippen molar-refractivity contribution in [1.29, 1.82) is 0 Å². The van der Waals surface area contributed by atoms with Gasteiger partial charge in [0.05, 0.1) is 10.6 Å². The lowest BCUT2D eigenvalue weighted by Crippen LogP contribution is -2.22. The van der Waals surface area contributed by atoms with E-state index in [1.165, 1.54) is 30.2 Å². The van der Waals surface area contributed by atoms with Gasteiger partial charge in [0.2, 0.25) is 15.2 Å². The van der Waals surface area contributed by atoms with Crippen molar-refractivity contribution in [3.8, 4) is 5.69 Å². The van der Waals surface area contributed by atoms with E-state index < -0.39 is 10.0 Å². The van der Waals surface area contributed by atoms with Crippen molar-refractivity contribution in [3.05, 3.63) is 66.5 Å². The number of benzene rings is 2. The van der Waals surface area contributed by atoms with Gasteiger partial charge in [-0.3, -0.25) is 0 Å². The average molecular weight is 374 g/mol. The van der Waals surface area contributed by atoms with Gasteiger partial charge < -0.3 is 0 Å². The predicted octanol–water partition coefficient (Wildman–Crippen LogP) is 2.81. The quantitative estimate of drug-likeness (QED) is 0.621. The molecule has 0 fully saturated rings. The topological polar surface area (TPSA) is 68.1 Å². The largest absolute Gasteiger partial charge is 0.242 e. The third-order valence-corrected chi connectivity index (χ3v) is 6.27. The average Bonchev–Trinajstić information content (AvgIpc) is 3.10. The van der Waals surface area contributed by atoms with Gasteiger partial charge in [-0.1, -0.05) is 42.1 Å². The van der Waals surface area contributed by atoms with Crippen molar-refractivity contribution < 1.29 is 8.42 Å². The maximum atomic E-state index is 12.2. The number of hydrogen-bond acceptors (Lipinski definition) is 5. The van der Waals surface area contributed by atoms with Gasteiger partial charge in [-0.25, -0.2) is 22.4 Å². The molecule has 3 rings (SSSR count). The van der Waals surface area contributed by atoms with Gasteiger partial charge in [-0.2, -0.15) is 0 Å². The van der Waals surface area contributed by atoms with Crippen LogP contribution in [-0.2, 0) is 15.8 Å². The molecule has 1 aromatic heterocycles. The van der Waals surface area contributed by atoms with Crippen LogP contribution >= 0.6 is 11.8 Å². The minimum absolute atomic E-state index is 0.290. The van der Waals surface area contributed by atoms with Gasteiger partial charge in [0.25, 0.3) is 0 Å². The van der Waals surface area contributed by atoms with Crippen LogP contribution in [0.1, 0.15) is 5.56 Å². The lowest BCUT2D eigenvalue weighted by Gasteiger charge is -2.12. The van der Waals surface area contributed by atoms with Crippen LogP contribution in [0, 0.1) is 0 Å². The van der Waals surface area contributed by atoms with Crippen LogP contribution in [0.5, 0.6) is 0 Å². The van der Waals surface area contributed by atoms with E-state index in [1.807, 2.05) is 36.4 Å². The SMILES string of the molecule is CN(C)S(=O)(=O)c1cccc(CSc2ncn(-c3ccccc3)n2)c1. The van der Waals surface area contributed by atoms with Crippen LogP contribution in [0.15, 0.2) is 71.0 Å². The summed E-state index contributed by atoms with van der Waals surface area (Å²) >= 11 is 1.47. The van der Waals surface area contributed by atoms with Gasteiger partial charge in [0.15, 0.2) is 0 Å². The standard InChI is InChI=1S/C17H18N4O2S2/c1-20(2)25(22,23)16-10-6-7-14(11-16)12-24-17-18-13-21(19-17)15-8-4-3-5-9-15/h3-11,13H,12H2,1-2H3. The van der Waals surface area contributed by atoms with Crippen molar-refractivity contribution in [2.75, 3.05) is 14.1 Å². The summed E-state index contributed by atoms with van der Waals surface area (Å²) in [4.78, 5) is 4.59. The molecule has 0 atom stereocenters. The van der Waals surface area contributed by atoms with E-state index >= 15 is 0 Å². The third kappa shape index (κ3) is 4.09. The molecule has 0 saturated heterocycles. The van der Waals surface area contributed by atoms with E-state index in [0.717, 1.165) is 11.3 Å². The molecule has 2 aromatic carbocycles. The fraction of sp³-hybridized carbons (Fsp3) is 0.176. The van der Waals surface area contributed by atoms with E-state index in [9.17, 15) is 8.42 Å². The maximum absolute atomic E-state index is 12.2. The molecule has 3 aromatic rings. The maximum Gasteiger partial charge on any atom is 0.242 e. The summed E-state index contributed by atoms with van der Waals surface area (Å²) in [6.45, 7) is 0. The van der Waals surface area contributed by atoms with Gasteiger partial charge in [0, 0.05) is 19.8 Å². The minimum Gasteiger partial charge on any atom is -0.220 e. The Hall–Kier alpha value is -2.16. The number of para-hydroxylation sites is 1. The Morgan fingerprint density at radius 2 is 1.84 bits per heavy atom. The summed E-state index contributed by atoms with van der Waals surface area (Å²) in [5.41, 5.74) is 1.85. The molecule has 130 valence electrons. The molecule has 0 saturated carbocycles. The molecule has 8 heteroatoms. The first kappa shape index (κ1) is 17.7. The van der Waals surface area contributed by atoms with Crippen LogP contribution < -0.4 is 0 Å². The summed E-state index contributed by atoms with van der Waals surface area (Å²) < 4.78 is 27.3. The Kier molecular flexibility index (Phi) is 5.22. The molecule has 0 radical (unpaired) electrons. The number of rotatable bonds is 6. The van der Waals surface area contributed by atoms with Crippen molar-refractivity contribution in [2.45, 2.75) is 15.8 Å². The minimum atomic E-state index is -3.43. The molecule has 25 heavy (non-hydrogen) atoms. The predicted molar refractivity (Wildman–Crippen MR) is 98.2 cm³/mol. The monoisotopic (exact) mass is 374 g/mol. The van der Waals surface area contributed by atoms with Crippen molar-refractivity contribution in [2.24, 2.45) is 0 Å². The normalized spacial score (nSPS) is 11.8. The molecule has 0 unspecified atom stereocenters. The Labute approximate surface area is 151 Å². The lowest BCUT2D eigenvalue weighted by atomic mass is 10.2. The zero-order valence-corrected chi connectivity index (χ0v) is 15.5. The van der Waals surface area contributed by atoms with Crippen LogP contribution in [-0.4, -0.2) is 41.6 Å². The Morgan fingerprint density at radius 1 is 1.08 bits per heavy atom. The van der Waals surface area contributed by atoms with E-state index in [0.29, 0.717) is 15.8 Å². The zero-order valence-electron chi connectivity index (χ0n) is 13.9. The van der Waals surface area contributed by atoms with E-state index in [4.69, 9.17) is 0 Å². The van der Waals surface area contributed by atoms with Crippen molar-refractivity contribution >= 4 is 21.8 Å².